The Balaban J connectivity index is 1.57. The first kappa shape index (κ1) is 10.6. The van der Waals surface area contributed by atoms with Gasteiger partial charge in [-0.3, -0.25) is 4.79 Å². The van der Waals surface area contributed by atoms with Gasteiger partial charge < -0.3 is 10.4 Å². The van der Waals surface area contributed by atoms with Crippen LogP contribution in [-0.4, -0.2) is 23.7 Å². The normalized spacial score (nSPS) is 44.9. The van der Waals surface area contributed by atoms with Crippen LogP contribution in [0.25, 0.3) is 0 Å². The van der Waals surface area contributed by atoms with Gasteiger partial charge in [0.1, 0.15) is 0 Å². The summed E-state index contributed by atoms with van der Waals surface area (Å²) in [6.45, 7) is 0.655. The molecule has 4 rings (SSSR count). The van der Waals surface area contributed by atoms with Crippen LogP contribution in [-0.2, 0) is 4.79 Å². The third-order valence-corrected chi connectivity index (χ3v) is 4.95. The molecule has 90 valence electrons. The molecule has 0 aromatic rings. The number of carbonyl (C=O) groups is 1. The summed E-state index contributed by atoms with van der Waals surface area (Å²) in [5.41, 5.74) is 0. The van der Waals surface area contributed by atoms with E-state index in [2.05, 4.69) is 5.32 Å². The molecule has 4 aliphatic rings. The topological polar surface area (TPSA) is 49.3 Å². The van der Waals surface area contributed by atoms with E-state index >= 15 is 0 Å². The Bertz CT molecular complexity index is 262. The lowest BCUT2D eigenvalue weighted by molar-refractivity contribution is -0.137. The molecule has 4 aliphatic carbocycles. The number of carboxylic acids is 1. The predicted octanol–water partition coefficient (Wildman–Crippen LogP) is 1.88. The first-order chi connectivity index (χ1) is 7.72. The highest BCUT2D eigenvalue weighted by Gasteiger charge is 2.47. The molecule has 0 saturated heterocycles. The molecule has 0 spiro atoms. The number of rotatable bonds is 4. The Morgan fingerprint density at radius 2 is 1.62 bits per heavy atom. The van der Waals surface area contributed by atoms with Crippen molar-refractivity contribution in [2.24, 2.45) is 23.7 Å². The fraction of sp³-hybridized carbons (Fsp3) is 0.923. The number of hydrogen-bond donors (Lipinski definition) is 2. The lowest BCUT2D eigenvalue weighted by Gasteiger charge is -2.54. The van der Waals surface area contributed by atoms with Crippen LogP contribution >= 0.6 is 0 Å². The van der Waals surface area contributed by atoms with Crippen molar-refractivity contribution in [3.8, 4) is 0 Å². The smallest absolute Gasteiger partial charge is 0.304 e. The van der Waals surface area contributed by atoms with Gasteiger partial charge in [0.05, 0.1) is 6.42 Å². The third-order valence-electron chi connectivity index (χ3n) is 4.95. The van der Waals surface area contributed by atoms with E-state index in [-0.39, 0.29) is 6.42 Å². The molecule has 0 unspecified atom stereocenters. The monoisotopic (exact) mass is 223 g/mol. The minimum Gasteiger partial charge on any atom is -0.481 e. The summed E-state index contributed by atoms with van der Waals surface area (Å²) in [6, 6.07) is 0.632. The van der Waals surface area contributed by atoms with Gasteiger partial charge in [0.15, 0.2) is 0 Å². The standard InChI is InChI=1S/C13H21NO2/c15-12(16)1-2-14-13-10-4-8-3-9(6-10)7-11(13)5-8/h8-11,13-14H,1-7H2,(H,15,16). The van der Waals surface area contributed by atoms with Crippen molar-refractivity contribution in [1.29, 1.82) is 0 Å². The van der Waals surface area contributed by atoms with E-state index in [1.807, 2.05) is 0 Å². The maximum atomic E-state index is 10.5. The van der Waals surface area contributed by atoms with E-state index in [0.29, 0.717) is 12.6 Å². The molecular weight excluding hydrogens is 202 g/mol. The fourth-order valence-electron chi connectivity index (χ4n) is 4.60. The first-order valence-corrected chi connectivity index (χ1v) is 6.67. The van der Waals surface area contributed by atoms with E-state index < -0.39 is 5.97 Å². The van der Waals surface area contributed by atoms with Crippen LogP contribution in [0.1, 0.15) is 38.5 Å². The van der Waals surface area contributed by atoms with Crippen molar-refractivity contribution in [3.63, 3.8) is 0 Å². The van der Waals surface area contributed by atoms with Gasteiger partial charge >= 0.3 is 5.97 Å². The van der Waals surface area contributed by atoms with Crippen LogP contribution in [0.5, 0.6) is 0 Å². The number of hydrogen-bond acceptors (Lipinski definition) is 2. The molecule has 2 N–H and O–H groups in total. The number of carboxylic acid groups (broad SMARTS) is 1. The average Bonchev–Trinajstić information content (AvgIpc) is 2.20. The van der Waals surface area contributed by atoms with Crippen LogP contribution in [0.4, 0.5) is 0 Å². The molecule has 4 saturated carbocycles. The van der Waals surface area contributed by atoms with E-state index in [4.69, 9.17) is 5.11 Å². The lowest BCUT2D eigenvalue weighted by atomic mass is 9.54. The van der Waals surface area contributed by atoms with E-state index in [1.165, 1.54) is 32.1 Å². The maximum absolute atomic E-state index is 10.5. The van der Waals surface area contributed by atoms with Gasteiger partial charge in [-0.15, -0.1) is 0 Å². The van der Waals surface area contributed by atoms with Crippen LogP contribution in [0.3, 0.4) is 0 Å². The van der Waals surface area contributed by atoms with Crippen LogP contribution in [0.2, 0.25) is 0 Å². The van der Waals surface area contributed by atoms with Crippen LogP contribution < -0.4 is 5.32 Å². The molecule has 0 heterocycles. The van der Waals surface area contributed by atoms with Gasteiger partial charge in [0.25, 0.3) is 0 Å². The highest BCUT2D eigenvalue weighted by Crippen LogP contribution is 2.53. The van der Waals surface area contributed by atoms with Gasteiger partial charge in [-0.2, -0.15) is 0 Å². The summed E-state index contributed by atoms with van der Waals surface area (Å²) in [4.78, 5) is 10.5. The third kappa shape index (κ3) is 1.86. The van der Waals surface area contributed by atoms with Crippen LogP contribution in [0, 0.1) is 23.7 Å². The molecule has 0 aromatic carbocycles. The molecular formula is C13H21NO2. The summed E-state index contributed by atoms with van der Waals surface area (Å²) in [5.74, 6) is 3.02. The van der Waals surface area contributed by atoms with Crippen molar-refractivity contribution < 1.29 is 9.90 Å². The molecule has 0 aliphatic heterocycles. The quantitative estimate of drug-likeness (QED) is 0.765. The van der Waals surface area contributed by atoms with E-state index in [0.717, 1.165) is 23.7 Å². The Morgan fingerprint density at radius 3 is 2.12 bits per heavy atom. The molecule has 0 radical (unpaired) electrons. The molecule has 3 heteroatoms. The van der Waals surface area contributed by atoms with Gasteiger partial charge in [-0.25, -0.2) is 0 Å². The molecule has 16 heavy (non-hydrogen) atoms. The van der Waals surface area contributed by atoms with Crippen molar-refractivity contribution >= 4 is 5.97 Å². The first-order valence-electron chi connectivity index (χ1n) is 6.67. The minimum atomic E-state index is -0.684. The lowest BCUT2D eigenvalue weighted by Crippen LogP contribution is -2.54. The second kappa shape index (κ2) is 4.02. The number of nitrogens with one attached hydrogen (secondary N) is 1. The van der Waals surface area contributed by atoms with Gasteiger partial charge in [-0.05, 0) is 55.8 Å². The molecule has 0 amide bonds. The molecule has 4 fully saturated rings. The average molecular weight is 223 g/mol. The summed E-state index contributed by atoms with van der Waals surface area (Å²) in [6.07, 6.45) is 7.35. The second-order valence-electron chi connectivity index (χ2n) is 6.05. The summed E-state index contributed by atoms with van der Waals surface area (Å²) >= 11 is 0. The van der Waals surface area contributed by atoms with Crippen molar-refractivity contribution in [2.75, 3.05) is 6.54 Å². The van der Waals surface area contributed by atoms with Gasteiger partial charge in [0, 0.05) is 12.6 Å². The number of aliphatic carboxylic acids is 1. The van der Waals surface area contributed by atoms with Crippen molar-refractivity contribution in [3.05, 3.63) is 0 Å². The zero-order valence-corrected chi connectivity index (χ0v) is 9.69. The summed E-state index contributed by atoms with van der Waals surface area (Å²) in [7, 11) is 0. The molecule has 4 bridgehead atoms. The van der Waals surface area contributed by atoms with Crippen molar-refractivity contribution in [2.45, 2.75) is 44.6 Å². The second-order valence-corrected chi connectivity index (χ2v) is 6.05. The van der Waals surface area contributed by atoms with Crippen molar-refractivity contribution in [1.82, 2.24) is 5.32 Å². The van der Waals surface area contributed by atoms with Gasteiger partial charge in [-0.1, -0.05) is 0 Å². The fourth-order valence-corrected chi connectivity index (χ4v) is 4.60. The van der Waals surface area contributed by atoms with E-state index in [1.54, 1.807) is 0 Å². The largest absolute Gasteiger partial charge is 0.481 e. The maximum Gasteiger partial charge on any atom is 0.304 e. The zero-order chi connectivity index (χ0) is 11.1. The van der Waals surface area contributed by atoms with E-state index in [9.17, 15) is 4.79 Å². The molecule has 0 aromatic heterocycles. The summed E-state index contributed by atoms with van der Waals surface area (Å²) in [5, 5.41) is 12.2. The highest BCUT2D eigenvalue weighted by molar-refractivity contribution is 5.66. The Hall–Kier alpha value is -0.570. The Kier molecular flexibility index (Phi) is 2.66. The van der Waals surface area contributed by atoms with Gasteiger partial charge in [0.2, 0.25) is 0 Å². The zero-order valence-electron chi connectivity index (χ0n) is 9.69. The highest BCUT2D eigenvalue weighted by atomic mass is 16.4. The predicted molar refractivity (Wildman–Crippen MR) is 61.1 cm³/mol. The Labute approximate surface area is 96.6 Å². The molecule has 3 nitrogen and oxygen atoms in total. The van der Waals surface area contributed by atoms with Crippen LogP contribution in [0.15, 0.2) is 0 Å². The summed E-state index contributed by atoms with van der Waals surface area (Å²) < 4.78 is 0. The minimum absolute atomic E-state index is 0.267. The SMILES string of the molecule is O=C(O)CCNC1C2CC3CC(C2)CC1C3. The molecule has 0 atom stereocenters. The Morgan fingerprint density at radius 1 is 1.06 bits per heavy atom.